The third-order valence-electron chi connectivity index (χ3n) is 4.69. The van der Waals surface area contributed by atoms with Gasteiger partial charge < -0.3 is 10.3 Å². The van der Waals surface area contributed by atoms with Gasteiger partial charge in [-0.25, -0.2) is 0 Å². The van der Waals surface area contributed by atoms with E-state index in [1.165, 1.54) is 0 Å². The summed E-state index contributed by atoms with van der Waals surface area (Å²) in [6.45, 7) is 0.228. The first-order chi connectivity index (χ1) is 11.7. The molecule has 0 saturated heterocycles. The summed E-state index contributed by atoms with van der Waals surface area (Å²) in [7, 11) is 0. The van der Waals surface area contributed by atoms with Gasteiger partial charge in [0.05, 0.1) is 5.41 Å². The van der Waals surface area contributed by atoms with E-state index in [2.05, 4.69) is 15.3 Å². The highest BCUT2D eigenvalue weighted by molar-refractivity contribution is 5.91. The minimum Gasteiger partial charge on any atom is -0.351 e. The Morgan fingerprint density at radius 1 is 1.17 bits per heavy atom. The molecule has 2 heterocycles. The SMILES string of the molecule is O=C(NCc1cc2ccccc2[nH]c1=O)C1(c2ccncc2)CC1. The number of hydrogen-bond donors (Lipinski definition) is 2. The number of amides is 1. The number of nitrogens with zero attached hydrogens (tertiary/aromatic N) is 1. The number of aromatic nitrogens is 2. The lowest BCUT2D eigenvalue weighted by atomic mass is 9.96. The number of hydrogen-bond acceptors (Lipinski definition) is 3. The number of carbonyl (C=O) groups excluding carboxylic acids is 1. The van der Waals surface area contributed by atoms with E-state index in [0.29, 0.717) is 5.56 Å². The Labute approximate surface area is 138 Å². The molecule has 0 radical (unpaired) electrons. The van der Waals surface area contributed by atoms with Gasteiger partial charge in [0.25, 0.3) is 5.56 Å². The molecule has 2 N–H and O–H groups in total. The Morgan fingerprint density at radius 2 is 1.92 bits per heavy atom. The van der Waals surface area contributed by atoms with E-state index in [-0.39, 0.29) is 18.0 Å². The quantitative estimate of drug-likeness (QED) is 0.774. The number of para-hydroxylation sites is 1. The fraction of sp³-hybridized carbons (Fsp3) is 0.211. The first kappa shape index (κ1) is 14.6. The number of rotatable bonds is 4. The van der Waals surface area contributed by atoms with Crippen LogP contribution in [-0.4, -0.2) is 15.9 Å². The zero-order valence-electron chi connectivity index (χ0n) is 13.1. The Kier molecular flexibility index (Phi) is 3.41. The van der Waals surface area contributed by atoms with Gasteiger partial charge >= 0.3 is 0 Å². The highest BCUT2D eigenvalue weighted by Gasteiger charge is 2.51. The molecular weight excluding hydrogens is 302 g/mol. The molecule has 0 spiro atoms. The van der Waals surface area contributed by atoms with E-state index in [0.717, 1.165) is 29.3 Å². The summed E-state index contributed by atoms with van der Waals surface area (Å²) in [5.41, 5.74) is 1.73. The number of H-pyrrole nitrogens is 1. The van der Waals surface area contributed by atoms with Crippen LogP contribution in [0, 0.1) is 0 Å². The summed E-state index contributed by atoms with van der Waals surface area (Å²) >= 11 is 0. The van der Waals surface area contributed by atoms with Crippen LogP contribution in [0.5, 0.6) is 0 Å². The molecule has 3 aromatic rings. The van der Waals surface area contributed by atoms with Crippen LogP contribution < -0.4 is 10.9 Å². The summed E-state index contributed by atoms with van der Waals surface area (Å²) in [5.74, 6) is -0.0266. The molecule has 5 nitrogen and oxygen atoms in total. The van der Waals surface area contributed by atoms with Crippen molar-refractivity contribution in [3.8, 4) is 0 Å². The second kappa shape index (κ2) is 5.60. The number of nitrogens with one attached hydrogen (secondary N) is 2. The van der Waals surface area contributed by atoms with Crippen molar-refractivity contribution in [3.05, 3.63) is 76.3 Å². The molecule has 5 heteroatoms. The number of benzene rings is 1. The van der Waals surface area contributed by atoms with Crippen LogP contribution >= 0.6 is 0 Å². The summed E-state index contributed by atoms with van der Waals surface area (Å²) in [6, 6.07) is 13.2. The lowest BCUT2D eigenvalue weighted by molar-refractivity contribution is -0.123. The van der Waals surface area contributed by atoms with E-state index in [9.17, 15) is 9.59 Å². The zero-order valence-corrected chi connectivity index (χ0v) is 13.1. The molecular formula is C19H17N3O2. The summed E-state index contributed by atoms with van der Waals surface area (Å²) in [6.07, 6.45) is 5.07. The molecule has 1 saturated carbocycles. The van der Waals surface area contributed by atoms with Gasteiger partial charge in [-0.15, -0.1) is 0 Å². The second-order valence-corrected chi connectivity index (χ2v) is 6.21. The predicted molar refractivity (Wildman–Crippen MR) is 91.6 cm³/mol. The van der Waals surface area contributed by atoms with Crippen molar-refractivity contribution in [1.29, 1.82) is 0 Å². The molecule has 0 unspecified atom stereocenters. The molecule has 1 amide bonds. The Bertz CT molecular complexity index is 959. The minimum atomic E-state index is -0.452. The zero-order chi connectivity index (χ0) is 16.6. The number of aromatic amines is 1. The predicted octanol–water partition coefficient (Wildman–Crippen LogP) is 2.27. The molecule has 1 aliphatic rings. The van der Waals surface area contributed by atoms with E-state index >= 15 is 0 Å². The maximum Gasteiger partial charge on any atom is 0.253 e. The van der Waals surface area contributed by atoms with Crippen LogP contribution in [0.15, 0.2) is 59.7 Å². The van der Waals surface area contributed by atoms with Gasteiger partial charge in [-0.3, -0.25) is 14.6 Å². The normalized spacial score (nSPS) is 15.2. The monoisotopic (exact) mass is 319 g/mol. The van der Waals surface area contributed by atoms with E-state index in [4.69, 9.17) is 0 Å². The van der Waals surface area contributed by atoms with Crippen LogP contribution in [0.4, 0.5) is 0 Å². The fourth-order valence-electron chi connectivity index (χ4n) is 3.11. The Hall–Kier alpha value is -2.95. The van der Waals surface area contributed by atoms with E-state index < -0.39 is 5.41 Å². The maximum absolute atomic E-state index is 12.6. The van der Waals surface area contributed by atoms with Gasteiger partial charge in [0.2, 0.25) is 5.91 Å². The first-order valence-corrected chi connectivity index (χ1v) is 7.99. The van der Waals surface area contributed by atoms with Crippen molar-refractivity contribution >= 4 is 16.8 Å². The second-order valence-electron chi connectivity index (χ2n) is 6.21. The van der Waals surface area contributed by atoms with Gasteiger partial charge in [-0.1, -0.05) is 18.2 Å². The van der Waals surface area contributed by atoms with Gasteiger partial charge in [0.15, 0.2) is 0 Å². The van der Waals surface area contributed by atoms with Crippen molar-refractivity contribution in [3.63, 3.8) is 0 Å². The van der Waals surface area contributed by atoms with Crippen LogP contribution in [0.25, 0.3) is 10.9 Å². The van der Waals surface area contributed by atoms with Crippen LogP contribution in [0.3, 0.4) is 0 Å². The van der Waals surface area contributed by atoms with Crippen LogP contribution in [0.1, 0.15) is 24.0 Å². The van der Waals surface area contributed by atoms with Gasteiger partial charge in [0, 0.05) is 30.0 Å². The highest BCUT2D eigenvalue weighted by atomic mass is 16.2. The largest absolute Gasteiger partial charge is 0.351 e. The lowest BCUT2D eigenvalue weighted by Crippen LogP contribution is -2.35. The molecule has 1 aromatic carbocycles. The van der Waals surface area contributed by atoms with Crippen LogP contribution in [-0.2, 0) is 16.8 Å². The minimum absolute atomic E-state index is 0.0266. The molecule has 1 aliphatic carbocycles. The summed E-state index contributed by atoms with van der Waals surface area (Å²) < 4.78 is 0. The number of carbonyl (C=O) groups is 1. The van der Waals surface area contributed by atoms with Crippen molar-refractivity contribution < 1.29 is 4.79 Å². The average Bonchev–Trinajstić information content (AvgIpc) is 3.42. The number of fused-ring (bicyclic) bond motifs is 1. The Balaban J connectivity index is 1.54. The van der Waals surface area contributed by atoms with Crippen molar-refractivity contribution in [1.82, 2.24) is 15.3 Å². The maximum atomic E-state index is 12.6. The third kappa shape index (κ3) is 2.48. The van der Waals surface area contributed by atoms with Gasteiger partial charge in [-0.05, 0) is 48.1 Å². The van der Waals surface area contributed by atoms with Crippen LogP contribution in [0.2, 0.25) is 0 Å². The third-order valence-corrected chi connectivity index (χ3v) is 4.69. The topological polar surface area (TPSA) is 74.8 Å². The van der Waals surface area contributed by atoms with Crippen molar-refractivity contribution in [2.24, 2.45) is 0 Å². The number of pyridine rings is 2. The molecule has 0 aliphatic heterocycles. The standard InChI is InChI=1S/C19H17N3O2/c23-17-14(11-13-3-1-2-4-16(13)22-17)12-21-18(24)19(7-8-19)15-5-9-20-10-6-15/h1-6,9-11H,7-8,12H2,(H,21,24)(H,22,23). The molecule has 4 rings (SSSR count). The van der Waals surface area contributed by atoms with Crippen molar-refractivity contribution in [2.45, 2.75) is 24.8 Å². The molecule has 120 valence electrons. The highest BCUT2D eigenvalue weighted by Crippen LogP contribution is 2.48. The fourth-order valence-corrected chi connectivity index (χ4v) is 3.11. The summed E-state index contributed by atoms with van der Waals surface area (Å²) in [5, 5.41) is 3.88. The lowest BCUT2D eigenvalue weighted by Gasteiger charge is -2.15. The van der Waals surface area contributed by atoms with E-state index in [1.807, 2.05) is 42.5 Å². The van der Waals surface area contributed by atoms with Gasteiger partial charge in [-0.2, -0.15) is 0 Å². The molecule has 24 heavy (non-hydrogen) atoms. The molecule has 1 fully saturated rings. The molecule has 0 atom stereocenters. The van der Waals surface area contributed by atoms with Crippen molar-refractivity contribution in [2.75, 3.05) is 0 Å². The smallest absolute Gasteiger partial charge is 0.253 e. The molecule has 0 bridgehead atoms. The van der Waals surface area contributed by atoms with Gasteiger partial charge in [0.1, 0.15) is 0 Å². The average molecular weight is 319 g/mol. The summed E-state index contributed by atoms with van der Waals surface area (Å²) in [4.78, 5) is 31.7. The molecule has 2 aromatic heterocycles. The Morgan fingerprint density at radius 3 is 2.67 bits per heavy atom. The first-order valence-electron chi connectivity index (χ1n) is 7.99. The van der Waals surface area contributed by atoms with E-state index in [1.54, 1.807) is 12.4 Å².